The van der Waals surface area contributed by atoms with Crippen LogP contribution in [0.2, 0.25) is 0 Å². The van der Waals surface area contributed by atoms with E-state index in [2.05, 4.69) is 10.6 Å². The first kappa shape index (κ1) is 11.3. The molecule has 82 valence electrons. The minimum absolute atomic E-state index is 0.0223. The van der Waals surface area contributed by atoms with Crippen molar-refractivity contribution in [2.24, 2.45) is 0 Å². The molecule has 0 radical (unpaired) electrons. The van der Waals surface area contributed by atoms with Gasteiger partial charge in [0.25, 0.3) is 0 Å². The van der Waals surface area contributed by atoms with Gasteiger partial charge in [0.2, 0.25) is 5.91 Å². The van der Waals surface area contributed by atoms with Gasteiger partial charge in [-0.1, -0.05) is 0 Å². The first-order chi connectivity index (χ1) is 6.39. The summed E-state index contributed by atoms with van der Waals surface area (Å²) in [5.74, 6) is -0.206. The lowest BCUT2D eigenvalue weighted by molar-refractivity contribution is -0.161. The summed E-state index contributed by atoms with van der Waals surface area (Å²) in [5.41, 5.74) is 0. The predicted molar refractivity (Wildman–Crippen MR) is 44.7 cm³/mol. The van der Waals surface area contributed by atoms with E-state index >= 15 is 0 Å². The third-order valence-electron chi connectivity index (χ3n) is 2.22. The lowest BCUT2D eigenvalue weighted by atomic mass is 10.0. The summed E-state index contributed by atoms with van der Waals surface area (Å²) < 4.78 is 36.5. The van der Waals surface area contributed by atoms with E-state index in [1.165, 1.54) is 6.92 Å². The molecule has 1 heterocycles. The van der Waals surface area contributed by atoms with Gasteiger partial charge in [-0.2, -0.15) is 13.2 Å². The van der Waals surface area contributed by atoms with E-state index in [1.54, 1.807) is 0 Å². The molecule has 0 aliphatic carbocycles. The van der Waals surface area contributed by atoms with Gasteiger partial charge in [-0.25, -0.2) is 0 Å². The second kappa shape index (κ2) is 4.16. The molecule has 1 aliphatic heterocycles. The summed E-state index contributed by atoms with van der Waals surface area (Å²) in [4.78, 5) is 10.6. The number of amides is 1. The Morgan fingerprint density at radius 1 is 1.43 bits per heavy atom. The lowest BCUT2D eigenvalue weighted by Gasteiger charge is -2.31. The fraction of sp³-hybridized carbons (Fsp3) is 0.875. The molecule has 0 aromatic carbocycles. The molecular weight excluding hydrogens is 197 g/mol. The van der Waals surface area contributed by atoms with Crippen LogP contribution in [0.25, 0.3) is 0 Å². The summed E-state index contributed by atoms with van der Waals surface area (Å²) in [6.45, 7) is 1.54. The van der Waals surface area contributed by atoms with E-state index < -0.39 is 12.2 Å². The van der Waals surface area contributed by atoms with Gasteiger partial charge >= 0.3 is 6.18 Å². The highest BCUT2D eigenvalue weighted by Gasteiger charge is 2.41. The number of carbonyl (C=O) groups excluding carboxylic acids is 1. The van der Waals surface area contributed by atoms with Gasteiger partial charge in [-0.3, -0.25) is 4.79 Å². The Hall–Kier alpha value is -0.780. The molecule has 0 unspecified atom stereocenters. The fourth-order valence-corrected chi connectivity index (χ4v) is 1.55. The molecule has 1 aliphatic rings. The van der Waals surface area contributed by atoms with E-state index in [1.807, 2.05) is 0 Å². The number of carbonyl (C=O) groups is 1. The zero-order chi connectivity index (χ0) is 10.8. The van der Waals surface area contributed by atoms with Crippen molar-refractivity contribution >= 4 is 5.91 Å². The molecule has 0 spiro atoms. The number of piperidine rings is 1. The number of hydrogen-bond donors (Lipinski definition) is 2. The molecule has 6 heteroatoms. The highest BCUT2D eigenvalue weighted by molar-refractivity contribution is 5.73. The molecule has 1 fully saturated rings. The van der Waals surface area contributed by atoms with E-state index in [9.17, 15) is 18.0 Å². The highest BCUT2D eigenvalue weighted by Crippen LogP contribution is 2.25. The third kappa shape index (κ3) is 3.17. The van der Waals surface area contributed by atoms with Crippen molar-refractivity contribution in [1.82, 2.24) is 10.6 Å². The van der Waals surface area contributed by atoms with Crippen LogP contribution >= 0.6 is 0 Å². The van der Waals surface area contributed by atoms with Crippen molar-refractivity contribution in [1.29, 1.82) is 0 Å². The van der Waals surface area contributed by atoms with Gasteiger partial charge in [0.05, 0.1) is 0 Å². The topological polar surface area (TPSA) is 41.1 Å². The maximum atomic E-state index is 12.2. The zero-order valence-electron chi connectivity index (χ0n) is 7.82. The summed E-state index contributed by atoms with van der Waals surface area (Å²) in [6, 6.07) is -1.60. The van der Waals surface area contributed by atoms with Crippen LogP contribution in [0.1, 0.15) is 19.8 Å². The largest absolute Gasteiger partial charge is 0.403 e. The van der Waals surface area contributed by atoms with Crippen molar-refractivity contribution in [3.8, 4) is 0 Å². The molecule has 0 bridgehead atoms. The molecule has 2 N–H and O–H groups in total. The van der Waals surface area contributed by atoms with E-state index in [0.29, 0.717) is 6.42 Å². The van der Waals surface area contributed by atoms with Crippen molar-refractivity contribution in [2.45, 2.75) is 38.0 Å². The van der Waals surface area contributed by atoms with Crippen LogP contribution in [-0.2, 0) is 4.79 Å². The molecule has 0 aromatic rings. The molecule has 2 atom stereocenters. The Morgan fingerprint density at radius 2 is 2.07 bits per heavy atom. The molecule has 0 aromatic heterocycles. The first-order valence-corrected chi connectivity index (χ1v) is 4.47. The predicted octanol–water partition coefficient (Wildman–Crippen LogP) is 0.805. The van der Waals surface area contributed by atoms with E-state index in [0.717, 1.165) is 0 Å². The Bertz CT molecular complexity index is 209. The molecule has 14 heavy (non-hydrogen) atoms. The number of rotatable bonds is 1. The minimum atomic E-state index is -4.18. The van der Waals surface area contributed by atoms with Crippen molar-refractivity contribution in [2.75, 3.05) is 6.54 Å². The van der Waals surface area contributed by atoms with Gasteiger partial charge in [-0.15, -0.1) is 0 Å². The zero-order valence-corrected chi connectivity index (χ0v) is 7.82. The number of hydrogen-bond acceptors (Lipinski definition) is 2. The quantitative estimate of drug-likeness (QED) is 0.672. The number of nitrogens with one attached hydrogen (secondary N) is 2. The SMILES string of the molecule is CC(=O)N[C@@H]1CC[C@@H](C(F)(F)F)NC1. The Labute approximate surface area is 80.0 Å². The second-order valence-electron chi connectivity index (χ2n) is 3.48. The van der Waals surface area contributed by atoms with Gasteiger partial charge in [0, 0.05) is 19.5 Å². The summed E-state index contributed by atoms with van der Waals surface area (Å²) in [6.07, 6.45) is -3.79. The monoisotopic (exact) mass is 210 g/mol. The molecule has 1 saturated heterocycles. The van der Waals surface area contributed by atoms with Crippen LogP contribution in [0.15, 0.2) is 0 Å². The van der Waals surface area contributed by atoms with Crippen LogP contribution in [0.5, 0.6) is 0 Å². The van der Waals surface area contributed by atoms with Crippen LogP contribution in [-0.4, -0.2) is 30.7 Å². The van der Waals surface area contributed by atoms with Crippen molar-refractivity contribution < 1.29 is 18.0 Å². The average molecular weight is 210 g/mol. The molecular formula is C8H13F3N2O. The molecule has 1 amide bonds. The maximum absolute atomic E-state index is 12.2. The Kier molecular flexibility index (Phi) is 3.36. The summed E-state index contributed by atoms with van der Waals surface area (Å²) >= 11 is 0. The van der Waals surface area contributed by atoms with Crippen molar-refractivity contribution in [3.05, 3.63) is 0 Å². The fourth-order valence-electron chi connectivity index (χ4n) is 1.55. The van der Waals surface area contributed by atoms with E-state index in [-0.39, 0.29) is 24.9 Å². The Balaban J connectivity index is 2.35. The second-order valence-corrected chi connectivity index (χ2v) is 3.48. The van der Waals surface area contributed by atoms with Crippen LogP contribution < -0.4 is 10.6 Å². The van der Waals surface area contributed by atoms with E-state index in [4.69, 9.17) is 0 Å². The smallest absolute Gasteiger partial charge is 0.352 e. The minimum Gasteiger partial charge on any atom is -0.352 e. The maximum Gasteiger partial charge on any atom is 0.403 e. The molecule has 1 rings (SSSR count). The lowest BCUT2D eigenvalue weighted by Crippen LogP contribution is -2.53. The van der Waals surface area contributed by atoms with Gasteiger partial charge in [-0.05, 0) is 12.8 Å². The molecule has 0 saturated carbocycles. The first-order valence-electron chi connectivity index (χ1n) is 4.47. The summed E-state index contributed by atoms with van der Waals surface area (Å²) in [7, 11) is 0. The average Bonchev–Trinajstić information content (AvgIpc) is 2.02. The third-order valence-corrected chi connectivity index (χ3v) is 2.22. The van der Waals surface area contributed by atoms with Crippen molar-refractivity contribution in [3.63, 3.8) is 0 Å². The summed E-state index contributed by atoms with van der Waals surface area (Å²) in [5, 5.41) is 4.96. The normalized spacial score (nSPS) is 28.6. The molecule has 3 nitrogen and oxygen atoms in total. The van der Waals surface area contributed by atoms with Crippen LogP contribution in [0.3, 0.4) is 0 Å². The number of halogens is 3. The van der Waals surface area contributed by atoms with Gasteiger partial charge < -0.3 is 10.6 Å². The van der Waals surface area contributed by atoms with Gasteiger partial charge in [0.15, 0.2) is 0 Å². The van der Waals surface area contributed by atoms with Crippen LogP contribution in [0.4, 0.5) is 13.2 Å². The van der Waals surface area contributed by atoms with Gasteiger partial charge in [0.1, 0.15) is 6.04 Å². The Morgan fingerprint density at radius 3 is 2.43 bits per heavy atom. The highest BCUT2D eigenvalue weighted by atomic mass is 19.4. The number of alkyl halides is 3. The standard InChI is InChI=1S/C8H13F3N2O/c1-5(14)13-6-2-3-7(12-4-6)8(9,10)11/h6-7,12H,2-4H2,1H3,(H,13,14)/t6-,7+/m1/s1. The van der Waals surface area contributed by atoms with Crippen LogP contribution in [0, 0.1) is 0 Å².